The van der Waals surface area contributed by atoms with Gasteiger partial charge in [0.15, 0.2) is 0 Å². The largest absolute Gasteiger partial charge is 0.381 e. The molecule has 3 rings (SSSR count). The number of nitrogens with zero attached hydrogens (tertiary/aromatic N) is 2. The fourth-order valence-corrected chi connectivity index (χ4v) is 3.49. The van der Waals surface area contributed by atoms with Crippen molar-refractivity contribution in [1.29, 1.82) is 0 Å². The molecule has 0 N–H and O–H groups in total. The third kappa shape index (κ3) is 3.33. The van der Waals surface area contributed by atoms with Gasteiger partial charge in [0.05, 0.1) is 24.9 Å². The lowest BCUT2D eigenvalue weighted by Gasteiger charge is -2.46. The molecule has 1 saturated heterocycles. The second-order valence-electron chi connectivity index (χ2n) is 6.16. The minimum absolute atomic E-state index is 0.0397. The van der Waals surface area contributed by atoms with Crippen LogP contribution in [0.2, 0.25) is 0 Å². The van der Waals surface area contributed by atoms with Crippen molar-refractivity contribution in [2.75, 3.05) is 32.2 Å². The maximum Gasteiger partial charge on any atom is 0.324 e. The van der Waals surface area contributed by atoms with Gasteiger partial charge >= 0.3 is 6.03 Å². The average molecular weight is 322 g/mol. The van der Waals surface area contributed by atoms with Gasteiger partial charge in [-0.25, -0.2) is 9.18 Å². The number of hydrogen-bond acceptors (Lipinski definition) is 3. The van der Waals surface area contributed by atoms with Crippen LogP contribution in [0.15, 0.2) is 24.3 Å². The van der Waals surface area contributed by atoms with Crippen LogP contribution < -0.4 is 4.90 Å². The maximum absolute atomic E-state index is 13.1. The number of carbonyl (C=O) groups is 1. The first-order valence-corrected chi connectivity index (χ1v) is 8.04. The highest BCUT2D eigenvalue weighted by Crippen LogP contribution is 2.31. The molecule has 0 bridgehead atoms. The number of anilines is 1. The summed E-state index contributed by atoms with van der Waals surface area (Å²) in [5.41, 5.74) is 0.679. The molecular weight excluding hydrogens is 299 g/mol. The van der Waals surface area contributed by atoms with Gasteiger partial charge in [-0.15, -0.1) is 0 Å². The number of benzene rings is 1. The summed E-state index contributed by atoms with van der Waals surface area (Å²) in [6.45, 7) is 1.13. The Morgan fingerprint density at radius 2 is 2.09 bits per heavy atom. The Labute approximate surface area is 136 Å². The van der Waals surface area contributed by atoms with Crippen LogP contribution >= 0.6 is 0 Å². The predicted octanol–water partition coefficient (Wildman–Crippen LogP) is 2.65. The molecule has 1 saturated carbocycles. The molecule has 1 heterocycles. The number of hydrogen-bond donors (Lipinski definition) is 0. The summed E-state index contributed by atoms with van der Waals surface area (Å²) >= 11 is 0. The minimum atomic E-state index is -0.309. The molecule has 2 amide bonds. The Morgan fingerprint density at radius 1 is 1.35 bits per heavy atom. The number of carbonyl (C=O) groups excluding carboxylic acids is 1. The summed E-state index contributed by atoms with van der Waals surface area (Å²) in [7, 11) is 3.43. The third-order valence-electron chi connectivity index (χ3n) is 4.85. The van der Waals surface area contributed by atoms with E-state index in [4.69, 9.17) is 9.47 Å². The number of fused-ring (bicyclic) bond motifs is 1. The zero-order chi connectivity index (χ0) is 16.4. The van der Waals surface area contributed by atoms with Crippen LogP contribution in [-0.2, 0) is 9.47 Å². The van der Waals surface area contributed by atoms with E-state index < -0.39 is 0 Å². The monoisotopic (exact) mass is 322 g/mol. The van der Waals surface area contributed by atoms with Crippen LogP contribution in [-0.4, -0.2) is 56.5 Å². The summed E-state index contributed by atoms with van der Waals surface area (Å²) in [4.78, 5) is 16.3. The number of halogens is 1. The summed E-state index contributed by atoms with van der Waals surface area (Å²) in [5.74, 6) is -0.309. The van der Waals surface area contributed by atoms with Crippen molar-refractivity contribution in [2.45, 2.75) is 37.5 Å². The lowest BCUT2D eigenvalue weighted by Crippen LogP contribution is -2.59. The van der Waals surface area contributed by atoms with Gasteiger partial charge in [-0.3, -0.25) is 4.90 Å². The topological polar surface area (TPSA) is 42.0 Å². The Bertz CT molecular complexity index is 551. The Balaban J connectivity index is 1.75. The molecule has 23 heavy (non-hydrogen) atoms. The van der Waals surface area contributed by atoms with Crippen LogP contribution in [0.1, 0.15) is 19.3 Å². The second kappa shape index (κ2) is 6.84. The number of ether oxygens (including phenoxy) is 2. The van der Waals surface area contributed by atoms with Crippen LogP contribution in [0.3, 0.4) is 0 Å². The van der Waals surface area contributed by atoms with E-state index in [-0.39, 0.29) is 30.1 Å². The van der Waals surface area contributed by atoms with E-state index in [9.17, 15) is 9.18 Å². The van der Waals surface area contributed by atoms with Gasteiger partial charge < -0.3 is 14.4 Å². The van der Waals surface area contributed by atoms with E-state index in [0.29, 0.717) is 18.8 Å². The molecule has 1 aliphatic heterocycles. The van der Waals surface area contributed by atoms with E-state index in [1.165, 1.54) is 12.1 Å². The van der Waals surface area contributed by atoms with Gasteiger partial charge in [-0.2, -0.15) is 0 Å². The maximum atomic E-state index is 13.1. The zero-order valence-corrected chi connectivity index (χ0v) is 13.6. The molecule has 3 atom stereocenters. The first-order valence-electron chi connectivity index (χ1n) is 8.04. The van der Waals surface area contributed by atoms with E-state index in [0.717, 1.165) is 19.3 Å². The average Bonchev–Trinajstić information content (AvgIpc) is 2.60. The molecule has 5 nitrogen and oxygen atoms in total. The molecule has 2 aliphatic rings. The fourth-order valence-electron chi connectivity index (χ4n) is 3.49. The molecule has 2 fully saturated rings. The molecule has 0 unspecified atom stereocenters. The van der Waals surface area contributed by atoms with Gasteiger partial charge in [0.25, 0.3) is 0 Å². The lowest BCUT2D eigenvalue weighted by molar-refractivity contribution is -0.0976. The zero-order valence-electron chi connectivity index (χ0n) is 13.6. The second-order valence-corrected chi connectivity index (χ2v) is 6.16. The summed E-state index contributed by atoms with van der Waals surface area (Å²) in [6, 6.07) is 5.92. The number of morpholine rings is 1. The van der Waals surface area contributed by atoms with E-state index >= 15 is 0 Å². The van der Waals surface area contributed by atoms with Crippen molar-refractivity contribution in [1.82, 2.24) is 4.90 Å². The first-order chi connectivity index (χ1) is 11.1. The van der Waals surface area contributed by atoms with Crippen molar-refractivity contribution in [2.24, 2.45) is 0 Å². The van der Waals surface area contributed by atoms with Crippen molar-refractivity contribution in [3.8, 4) is 0 Å². The van der Waals surface area contributed by atoms with Crippen molar-refractivity contribution < 1.29 is 18.7 Å². The molecule has 1 aromatic carbocycles. The van der Waals surface area contributed by atoms with E-state index in [1.54, 1.807) is 31.2 Å². The molecule has 1 aliphatic carbocycles. The number of rotatable bonds is 2. The molecule has 6 heteroatoms. The smallest absolute Gasteiger partial charge is 0.324 e. The Kier molecular flexibility index (Phi) is 4.82. The number of methoxy groups -OCH3 is 1. The van der Waals surface area contributed by atoms with Gasteiger partial charge in [-0.05, 0) is 43.5 Å². The Hall–Kier alpha value is -1.66. The fraction of sp³-hybridized carbons (Fsp3) is 0.588. The summed E-state index contributed by atoms with van der Waals surface area (Å²) in [5, 5.41) is 0. The van der Waals surface area contributed by atoms with Crippen LogP contribution in [0.4, 0.5) is 14.9 Å². The number of urea groups is 1. The summed E-state index contributed by atoms with van der Waals surface area (Å²) in [6.07, 6.45) is 2.93. The summed E-state index contributed by atoms with van der Waals surface area (Å²) < 4.78 is 24.4. The van der Waals surface area contributed by atoms with Gasteiger partial charge in [0.2, 0.25) is 0 Å². The molecular formula is C17H23FN2O3. The van der Waals surface area contributed by atoms with Crippen molar-refractivity contribution >= 4 is 11.7 Å². The van der Waals surface area contributed by atoms with Crippen LogP contribution in [0, 0.1) is 5.82 Å². The van der Waals surface area contributed by atoms with Crippen molar-refractivity contribution in [3.63, 3.8) is 0 Å². The molecule has 1 aromatic rings. The normalized spacial score (nSPS) is 27.4. The molecule has 126 valence electrons. The highest BCUT2D eigenvalue weighted by Gasteiger charge is 2.40. The molecule has 0 radical (unpaired) electrons. The highest BCUT2D eigenvalue weighted by atomic mass is 19.1. The van der Waals surface area contributed by atoms with Gasteiger partial charge in [0.1, 0.15) is 5.82 Å². The lowest BCUT2D eigenvalue weighted by atomic mass is 9.88. The predicted molar refractivity (Wildman–Crippen MR) is 85.1 cm³/mol. The molecule has 0 spiro atoms. The molecule has 0 aromatic heterocycles. The minimum Gasteiger partial charge on any atom is -0.381 e. The standard InChI is InChI=1S/C17H23FN2O3/c1-19(13-5-3-12(18)4-6-13)17(21)20-9-10-23-16-8-7-14(22-2)11-15(16)20/h3-6,14-16H,7-11H2,1-2H3/t14-,15-,16+/m1/s1. The van der Waals surface area contributed by atoms with Crippen molar-refractivity contribution in [3.05, 3.63) is 30.1 Å². The van der Waals surface area contributed by atoms with Crippen LogP contribution in [0.5, 0.6) is 0 Å². The van der Waals surface area contributed by atoms with Gasteiger partial charge in [-0.1, -0.05) is 0 Å². The van der Waals surface area contributed by atoms with E-state index in [2.05, 4.69) is 0 Å². The van der Waals surface area contributed by atoms with E-state index in [1.807, 2.05) is 4.90 Å². The SMILES string of the molecule is CO[C@@H]1CC[C@@H]2OCCN(C(=O)N(C)c3ccc(F)cc3)[C@@H]2C1. The first kappa shape index (κ1) is 16.2. The third-order valence-corrected chi connectivity index (χ3v) is 4.85. The van der Waals surface area contributed by atoms with Gasteiger partial charge in [0, 0.05) is 26.4 Å². The number of amides is 2. The Morgan fingerprint density at radius 3 is 2.78 bits per heavy atom. The quantitative estimate of drug-likeness (QED) is 0.840. The highest BCUT2D eigenvalue weighted by molar-refractivity contribution is 5.91. The van der Waals surface area contributed by atoms with Crippen LogP contribution in [0.25, 0.3) is 0 Å².